The molecule has 2 radical (unpaired) electrons. The molecule has 0 aromatic heterocycles. The lowest BCUT2D eigenvalue weighted by Crippen LogP contribution is -2.61. The minimum absolute atomic E-state index is 0.178. The third kappa shape index (κ3) is 11.2. The summed E-state index contributed by atoms with van der Waals surface area (Å²) >= 11 is 0. The summed E-state index contributed by atoms with van der Waals surface area (Å²) in [7, 11) is 0. The number of piperidine rings is 4. The van der Waals surface area contributed by atoms with Crippen LogP contribution in [-0.4, -0.2) is 123 Å². The molecule has 0 aromatic rings. The molecule has 2 N–H and O–H groups in total. The normalized spacial score (nSPS) is 28.3. The van der Waals surface area contributed by atoms with Crippen LogP contribution in [0.2, 0.25) is 0 Å². The average molecular weight is 853 g/mol. The second-order valence-corrected chi connectivity index (χ2v) is 23.3. The van der Waals surface area contributed by atoms with E-state index in [4.69, 9.17) is 18.9 Å². The Morgan fingerprint density at radius 2 is 0.617 bits per heavy atom. The van der Waals surface area contributed by atoms with Crippen molar-refractivity contribution in [2.24, 2.45) is 11.8 Å². The number of hydroxylamine groups is 8. The van der Waals surface area contributed by atoms with E-state index in [2.05, 4.69) is 0 Å². The van der Waals surface area contributed by atoms with Crippen LogP contribution >= 0.6 is 0 Å². The van der Waals surface area contributed by atoms with Gasteiger partial charge >= 0.3 is 23.9 Å². The van der Waals surface area contributed by atoms with Crippen molar-refractivity contribution in [1.29, 1.82) is 0 Å². The molecular weight excluding hydrogens is 776 g/mol. The Kier molecular flexibility index (Phi) is 14.2. The smallest absolute Gasteiger partial charge is 0.310 e. The first kappa shape index (κ1) is 50.2. The summed E-state index contributed by atoms with van der Waals surface area (Å²) in [5.41, 5.74) is -6.66. The predicted octanol–water partition coefficient (Wildman–Crippen LogP) is 6.73. The quantitative estimate of drug-likeness (QED) is 0.164. The first-order valence-electron chi connectivity index (χ1n) is 21.7. The van der Waals surface area contributed by atoms with Gasteiger partial charge < -0.3 is 29.4 Å². The van der Waals surface area contributed by atoms with Gasteiger partial charge in [-0.15, -0.1) is 20.5 Å². The van der Waals surface area contributed by atoms with Crippen LogP contribution in [0.5, 0.6) is 0 Å². The average Bonchev–Trinajstić information content (AvgIpc) is 3.04. The lowest BCUT2D eigenvalue weighted by molar-refractivity contribution is -0.299. The Hall–Kier alpha value is -2.44. The van der Waals surface area contributed by atoms with E-state index < -0.39 is 117 Å². The highest BCUT2D eigenvalue weighted by molar-refractivity contribution is 5.88. The molecule has 4 saturated heterocycles. The fourth-order valence-electron chi connectivity index (χ4n) is 11.1. The Labute approximate surface area is 358 Å². The topological polar surface area (TPSA) is 198 Å². The zero-order valence-electron chi connectivity index (χ0n) is 39.3. The molecule has 4 fully saturated rings. The molecule has 4 aliphatic rings. The number of hydrogen-bond donors (Lipinski definition) is 2. The van der Waals surface area contributed by atoms with Gasteiger partial charge in [-0.2, -0.15) is 10.1 Å². The first-order valence-corrected chi connectivity index (χ1v) is 21.7. The molecule has 344 valence electrons. The van der Waals surface area contributed by atoms with E-state index in [1.807, 2.05) is 55.4 Å². The summed E-state index contributed by atoms with van der Waals surface area (Å²) in [6.07, 6.45) is -2.25. The maximum absolute atomic E-state index is 14.7. The predicted molar refractivity (Wildman–Crippen MR) is 218 cm³/mol. The molecule has 4 aliphatic heterocycles. The lowest BCUT2D eigenvalue weighted by atomic mass is 9.79. The van der Waals surface area contributed by atoms with Gasteiger partial charge in [-0.3, -0.25) is 19.2 Å². The Balaban J connectivity index is 1.72. The molecule has 16 nitrogen and oxygen atoms in total. The highest BCUT2D eigenvalue weighted by atomic mass is 16.6. The van der Waals surface area contributed by atoms with Crippen LogP contribution in [0.4, 0.5) is 0 Å². The van der Waals surface area contributed by atoms with Gasteiger partial charge in [-0.1, -0.05) is 0 Å². The number of ether oxygens (including phenoxy) is 4. The number of carbonyl (C=O) groups excluding carboxylic acids is 4. The van der Waals surface area contributed by atoms with Crippen molar-refractivity contribution in [2.75, 3.05) is 0 Å². The largest absolute Gasteiger partial charge is 0.462 e. The van der Waals surface area contributed by atoms with E-state index in [0.717, 1.165) is 10.1 Å². The van der Waals surface area contributed by atoms with E-state index in [-0.39, 0.29) is 51.4 Å². The third-order valence-electron chi connectivity index (χ3n) is 13.3. The van der Waals surface area contributed by atoms with Crippen LogP contribution < -0.4 is 0 Å². The summed E-state index contributed by atoms with van der Waals surface area (Å²) in [6, 6.07) is 0. The minimum atomic E-state index is -1.57. The minimum Gasteiger partial charge on any atom is -0.462 e. The van der Waals surface area contributed by atoms with Crippen molar-refractivity contribution in [3.63, 3.8) is 0 Å². The number of carbonyl (C=O) groups is 4. The number of nitrogens with zero attached hydrogens (tertiary/aromatic N) is 4. The van der Waals surface area contributed by atoms with Gasteiger partial charge in [-0.25, -0.2) is 0 Å². The molecule has 60 heavy (non-hydrogen) atoms. The molecular formula is C44H76N4O12. The van der Waals surface area contributed by atoms with Crippen molar-refractivity contribution >= 4 is 23.9 Å². The molecule has 0 bridgehead atoms. The molecule has 2 atom stereocenters. The van der Waals surface area contributed by atoms with Crippen LogP contribution in [0.1, 0.15) is 175 Å². The van der Waals surface area contributed by atoms with Gasteiger partial charge in [0.05, 0.1) is 24.7 Å². The Morgan fingerprint density at radius 3 is 0.850 bits per heavy atom. The molecule has 4 rings (SSSR count). The Morgan fingerprint density at radius 1 is 0.417 bits per heavy atom. The van der Waals surface area contributed by atoms with Crippen molar-refractivity contribution in [3.8, 4) is 0 Å². The molecule has 0 spiro atoms. The Bertz CT molecular complexity index is 1420. The number of rotatable bonds is 11. The summed E-state index contributed by atoms with van der Waals surface area (Å²) in [4.78, 5) is 57.5. The van der Waals surface area contributed by atoms with Gasteiger partial charge in [0, 0.05) is 95.7 Å². The maximum atomic E-state index is 14.7. The molecule has 4 heterocycles. The van der Waals surface area contributed by atoms with E-state index in [1.165, 1.54) is 10.1 Å². The fraction of sp³-hybridized carbons (Fsp3) is 0.909. The van der Waals surface area contributed by atoms with Crippen LogP contribution in [0.15, 0.2) is 0 Å². The van der Waals surface area contributed by atoms with Gasteiger partial charge in [-0.05, 0) is 111 Å². The molecule has 16 heteroatoms. The first-order chi connectivity index (χ1) is 26.9. The SMILES string of the molecule is CC1(C)CC(OC(=O)CC(C(=O)OC2CC(C)(C)N(O)C(C)(C)C2)C(CC(=O)OC2CC(C)(C)N(O)C(C)(C)C2)C(=O)OC2CC(C)(C)N([O])C(C)(C)C2)CC(C)(C)N1[O]. The molecule has 0 saturated carbocycles. The van der Waals surface area contributed by atoms with Crippen molar-refractivity contribution in [3.05, 3.63) is 0 Å². The van der Waals surface area contributed by atoms with Gasteiger partial charge in [0.1, 0.15) is 24.4 Å². The molecule has 0 amide bonds. The van der Waals surface area contributed by atoms with E-state index in [9.17, 15) is 40.0 Å². The van der Waals surface area contributed by atoms with Gasteiger partial charge in [0.15, 0.2) is 0 Å². The molecule has 0 aliphatic carbocycles. The zero-order valence-corrected chi connectivity index (χ0v) is 39.3. The number of hydrogen-bond acceptors (Lipinski definition) is 14. The van der Waals surface area contributed by atoms with E-state index in [0.29, 0.717) is 0 Å². The monoisotopic (exact) mass is 853 g/mol. The van der Waals surface area contributed by atoms with Crippen LogP contribution in [0, 0.1) is 11.8 Å². The van der Waals surface area contributed by atoms with E-state index in [1.54, 1.807) is 55.4 Å². The van der Waals surface area contributed by atoms with E-state index >= 15 is 0 Å². The summed E-state index contributed by atoms with van der Waals surface area (Å²) < 4.78 is 24.3. The van der Waals surface area contributed by atoms with Crippen LogP contribution in [0.25, 0.3) is 0 Å². The molecule has 2 unspecified atom stereocenters. The number of esters is 4. The molecule has 0 aromatic carbocycles. The summed E-state index contributed by atoms with van der Waals surface area (Å²) in [5, 5.41) is 52.7. The second kappa shape index (κ2) is 16.9. The highest BCUT2D eigenvalue weighted by Gasteiger charge is 2.53. The highest BCUT2D eigenvalue weighted by Crippen LogP contribution is 2.43. The van der Waals surface area contributed by atoms with Crippen LogP contribution in [0.3, 0.4) is 0 Å². The fourth-order valence-corrected chi connectivity index (χ4v) is 11.1. The lowest BCUT2D eigenvalue weighted by Gasteiger charge is -2.51. The van der Waals surface area contributed by atoms with Gasteiger partial charge in [0.2, 0.25) is 0 Å². The van der Waals surface area contributed by atoms with Crippen molar-refractivity contribution < 1.29 is 59.0 Å². The summed E-state index contributed by atoms with van der Waals surface area (Å²) in [6.45, 7) is 28.7. The summed E-state index contributed by atoms with van der Waals surface area (Å²) in [5.74, 6) is -6.58. The van der Waals surface area contributed by atoms with Crippen LogP contribution in [-0.2, 0) is 48.5 Å². The zero-order chi connectivity index (χ0) is 46.0. The maximum Gasteiger partial charge on any atom is 0.310 e. The van der Waals surface area contributed by atoms with Crippen molar-refractivity contribution in [2.45, 2.75) is 244 Å². The standard InChI is InChI=1S/C44H76N4O12/c1-37(2)19-27(20-38(3,4)45(37)53)57-33(49)17-31(35(51)59-29-23-41(9,10)47(55)42(11,12)24-29)32(36(52)60-30-25-43(13,14)48(56)44(15,16)26-30)18-34(50)58-28-21-39(5,6)46(54)40(7,8)22-28/h27-32,53,56H,17-26H2,1-16H3. The third-order valence-corrected chi connectivity index (χ3v) is 13.3. The second-order valence-electron chi connectivity index (χ2n) is 23.3. The van der Waals surface area contributed by atoms with Crippen molar-refractivity contribution in [1.82, 2.24) is 20.3 Å². The van der Waals surface area contributed by atoms with Gasteiger partial charge in [0.25, 0.3) is 0 Å².